The molecule has 0 fully saturated rings. The van der Waals surface area contributed by atoms with E-state index < -0.39 is 4.92 Å². The number of nitro groups is 1. The number of hydrogen-bond acceptors (Lipinski definition) is 3. The van der Waals surface area contributed by atoms with Gasteiger partial charge in [-0.05, 0) is 25.0 Å². The molecule has 0 spiro atoms. The summed E-state index contributed by atoms with van der Waals surface area (Å²) in [5, 5.41) is 10.7. The molecule has 0 radical (unpaired) electrons. The lowest BCUT2D eigenvalue weighted by Gasteiger charge is -2.22. The highest BCUT2D eigenvalue weighted by Crippen LogP contribution is 2.19. The summed E-state index contributed by atoms with van der Waals surface area (Å²) < 4.78 is 0. The Balaban J connectivity index is 2.96. The normalized spacial score (nSPS) is 10.3. The summed E-state index contributed by atoms with van der Waals surface area (Å²) in [4.78, 5) is 24.4. The SMILES string of the molecule is CCCCN(CCCl)C(=O)c1ccc([N+](=O)[O-])cc1C. The molecule has 0 heterocycles. The number of nitrogens with zero attached hydrogens (tertiary/aromatic N) is 2. The van der Waals surface area contributed by atoms with Crippen LogP contribution >= 0.6 is 11.6 Å². The number of benzene rings is 1. The minimum Gasteiger partial charge on any atom is -0.337 e. The van der Waals surface area contributed by atoms with E-state index in [-0.39, 0.29) is 11.6 Å². The lowest BCUT2D eigenvalue weighted by atomic mass is 10.1. The van der Waals surface area contributed by atoms with E-state index >= 15 is 0 Å². The smallest absolute Gasteiger partial charge is 0.269 e. The molecular formula is C14H19ClN2O3. The first kappa shape index (κ1) is 16.4. The lowest BCUT2D eigenvalue weighted by molar-refractivity contribution is -0.384. The third kappa shape index (κ3) is 4.20. The quantitative estimate of drug-likeness (QED) is 0.440. The number of non-ortho nitro benzene ring substituents is 1. The van der Waals surface area contributed by atoms with Crippen LogP contribution in [-0.4, -0.2) is 34.7 Å². The van der Waals surface area contributed by atoms with Crippen LogP contribution in [0.15, 0.2) is 18.2 Å². The van der Waals surface area contributed by atoms with Crippen LogP contribution in [0.2, 0.25) is 0 Å². The predicted octanol–water partition coefficient (Wildman–Crippen LogP) is 3.38. The predicted molar refractivity (Wildman–Crippen MR) is 79.4 cm³/mol. The number of aryl methyl sites for hydroxylation is 1. The zero-order valence-corrected chi connectivity index (χ0v) is 12.5. The molecule has 1 amide bonds. The Morgan fingerprint density at radius 1 is 1.40 bits per heavy atom. The maximum absolute atomic E-state index is 12.4. The molecule has 0 bridgehead atoms. The number of nitro benzene ring substituents is 1. The monoisotopic (exact) mass is 298 g/mol. The second kappa shape index (κ2) is 7.85. The Labute approximate surface area is 123 Å². The van der Waals surface area contributed by atoms with Crippen LogP contribution in [0.1, 0.15) is 35.7 Å². The van der Waals surface area contributed by atoms with Crippen molar-refractivity contribution in [3.63, 3.8) is 0 Å². The van der Waals surface area contributed by atoms with Gasteiger partial charge in [0.15, 0.2) is 0 Å². The minimum atomic E-state index is -0.463. The van der Waals surface area contributed by atoms with Gasteiger partial charge in [0, 0.05) is 36.7 Å². The molecule has 0 aliphatic heterocycles. The van der Waals surface area contributed by atoms with E-state index in [9.17, 15) is 14.9 Å². The fourth-order valence-corrected chi connectivity index (χ4v) is 2.14. The fraction of sp³-hybridized carbons (Fsp3) is 0.500. The Morgan fingerprint density at radius 3 is 2.60 bits per heavy atom. The summed E-state index contributed by atoms with van der Waals surface area (Å²) in [5.74, 6) is 0.257. The number of unbranched alkanes of at least 4 members (excludes halogenated alkanes) is 1. The van der Waals surface area contributed by atoms with E-state index in [1.54, 1.807) is 11.8 Å². The van der Waals surface area contributed by atoms with E-state index in [4.69, 9.17) is 11.6 Å². The fourth-order valence-electron chi connectivity index (χ4n) is 1.94. The molecule has 0 aliphatic carbocycles. The molecule has 0 aromatic heterocycles. The minimum absolute atomic E-state index is 0.00324. The van der Waals surface area contributed by atoms with Crippen molar-refractivity contribution in [3.8, 4) is 0 Å². The topological polar surface area (TPSA) is 63.5 Å². The molecule has 0 aliphatic rings. The van der Waals surface area contributed by atoms with Crippen molar-refractivity contribution in [2.75, 3.05) is 19.0 Å². The number of amides is 1. The molecule has 0 N–H and O–H groups in total. The number of rotatable bonds is 7. The van der Waals surface area contributed by atoms with Gasteiger partial charge in [-0.3, -0.25) is 14.9 Å². The van der Waals surface area contributed by atoms with Gasteiger partial charge in [0.2, 0.25) is 0 Å². The molecular weight excluding hydrogens is 280 g/mol. The van der Waals surface area contributed by atoms with Gasteiger partial charge >= 0.3 is 0 Å². The molecule has 1 aromatic rings. The van der Waals surface area contributed by atoms with E-state index in [2.05, 4.69) is 6.92 Å². The van der Waals surface area contributed by atoms with Gasteiger partial charge in [-0.2, -0.15) is 0 Å². The van der Waals surface area contributed by atoms with Crippen molar-refractivity contribution in [2.24, 2.45) is 0 Å². The van der Waals surface area contributed by atoms with Crippen molar-refractivity contribution >= 4 is 23.2 Å². The van der Waals surface area contributed by atoms with Crippen molar-refractivity contribution in [2.45, 2.75) is 26.7 Å². The van der Waals surface area contributed by atoms with E-state index in [1.165, 1.54) is 18.2 Å². The van der Waals surface area contributed by atoms with Gasteiger partial charge in [-0.25, -0.2) is 0 Å². The highest BCUT2D eigenvalue weighted by Gasteiger charge is 2.18. The summed E-state index contributed by atoms with van der Waals surface area (Å²) in [5.41, 5.74) is 1.11. The molecule has 1 rings (SSSR count). The number of alkyl halides is 1. The average molecular weight is 299 g/mol. The van der Waals surface area contributed by atoms with E-state index in [0.29, 0.717) is 30.1 Å². The van der Waals surface area contributed by atoms with E-state index in [1.807, 2.05) is 0 Å². The highest BCUT2D eigenvalue weighted by atomic mass is 35.5. The second-order valence-corrected chi connectivity index (χ2v) is 4.97. The Hall–Kier alpha value is -1.62. The third-order valence-electron chi connectivity index (χ3n) is 3.07. The molecule has 5 nitrogen and oxygen atoms in total. The van der Waals surface area contributed by atoms with Gasteiger partial charge in [-0.15, -0.1) is 11.6 Å². The summed E-state index contributed by atoms with van der Waals surface area (Å²) in [6, 6.07) is 4.30. The molecule has 1 aromatic carbocycles. The van der Waals surface area contributed by atoms with Crippen molar-refractivity contribution in [3.05, 3.63) is 39.4 Å². The number of halogens is 1. The van der Waals surface area contributed by atoms with Crippen LogP contribution in [0.25, 0.3) is 0 Å². The van der Waals surface area contributed by atoms with Gasteiger partial charge in [0.25, 0.3) is 11.6 Å². The molecule has 110 valence electrons. The maximum atomic E-state index is 12.4. The molecule has 0 saturated carbocycles. The number of hydrogen-bond donors (Lipinski definition) is 0. The van der Waals surface area contributed by atoms with E-state index in [0.717, 1.165) is 12.8 Å². The summed E-state index contributed by atoms with van der Waals surface area (Å²) in [7, 11) is 0. The second-order valence-electron chi connectivity index (χ2n) is 4.59. The Bertz CT molecular complexity index is 491. The van der Waals surface area contributed by atoms with Gasteiger partial charge in [-0.1, -0.05) is 13.3 Å². The van der Waals surface area contributed by atoms with Crippen LogP contribution in [0.3, 0.4) is 0 Å². The zero-order chi connectivity index (χ0) is 15.1. The number of carbonyl (C=O) groups is 1. The Morgan fingerprint density at radius 2 is 2.10 bits per heavy atom. The van der Waals surface area contributed by atoms with Crippen LogP contribution in [0, 0.1) is 17.0 Å². The molecule has 20 heavy (non-hydrogen) atoms. The standard InChI is InChI=1S/C14H19ClN2O3/c1-3-4-8-16(9-7-15)14(18)13-6-5-12(17(19)20)10-11(13)2/h5-6,10H,3-4,7-9H2,1-2H3. The molecule has 6 heteroatoms. The molecule has 0 saturated heterocycles. The van der Waals surface area contributed by atoms with Crippen molar-refractivity contribution < 1.29 is 9.72 Å². The van der Waals surface area contributed by atoms with Crippen LogP contribution < -0.4 is 0 Å². The maximum Gasteiger partial charge on any atom is 0.269 e. The first-order chi connectivity index (χ1) is 9.51. The van der Waals surface area contributed by atoms with Crippen LogP contribution in [-0.2, 0) is 0 Å². The van der Waals surface area contributed by atoms with Crippen LogP contribution in [0.4, 0.5) is 5.69 Å². The van der Waals surface area contributed by atoms with Gasteiger partial charge in [0.1, 0.15) is 0 Å². The van der Waals surface area contributed by atoms with Crippen molar-refractivity contribution in [1.29, 1.82) is 0 Å². The molecule has 0 atom stereocenters. The zero-order valence-electron chi connectivity index (χ0n) is 11.8. The highest BCUT2D eigenvalue weighted by molar-refractivity contribution is 6.18. The van der Waals surface area contributed by atoms with Crippen molar-refractivity contribution in [1.82, 2.24) is 4.90 Å². The average Bonchev–Trinajstić information content (AvgIpc) is 2.42. The molecule has 0 unspecified atom stereocenters. The summed E-state index contributed by atoms with van der Waals surface area (Å²) >= 11 is 5.73. The third-order valence-corrected chi connectivity index (χ3v) is 3.24. The first-order valence-corrected chi connectivity index (χ1v) is 7.15. The van der Waals surface area contributed by atoms with Crippen LogP contribution in [0.5, 0.6) is 0 Å². The summed E-state index contributed by atoms with van der Waals surface area (Å²) in [6.45, 7) is 4.90. The lowest BCUT2D eigenvalue weighted by Crippen LogP contribution is -2.34. The van der Waals surface area contributed by atoms with Gasteiger partial charge in [0.05, 0.1) is 4.92 Å². The first-order valence-electron chi connectivity index (χ1n) is 6.61. The van der Waals surface area contributed by atoms with Gasteiger partial charge < -0.3 is 4.90 Å². The largest absolute Gasteiger partial charge is 0.337 e. The number of carbonyl (C=O) groups excluding carboxylic acids is 1. The summed E-state index contributed by atoms with van der Waals surface area (Å²) in [6.07, 6.45) is 1.90. The Kier molecular flexibility index (Phi) is 6.45.